The highest BCUT2D eigenvalue weighted by atomic mass is 32.3. The van der Waals surface area contributed by atoms with Gasteiger partial charge in [0, 0.05) is 48.8 Å². The van der Waals surface area contributed by atoms with E-state index in [4.69, 9.17) is 0 Å². The molecule has 0 bridgehead atoms. The van der Waals surface area contributed by atoms with Gasteiger partial charge >= 0.3 is 0 Å². The Morgan fingerprint density at radius 3 is 1.39 bits per heavy atom. The third-order valence-electron chi connectivity index (χ3n) is 12.9. The van der Waals surface area contributed by atoms with Crippen LogP contribution in [0.1, 0.15) is 0 Å². The van der Waals surface area contributed by atoms with Gasteiger partial charge in [-0.1, -0.05) is 169 Å². The standard InChI is InChI=1S/C60H43BN2S/c1-7-21-44(22-8-1)46-35-37-50(38-36-46)63-56-40-39-51(62(48-25-11-3-12-26-48)49-27-13-4-14-28-49)43-55(56)61-54-33-19-20-34-58(54)64(52-29-15-5-16-30-52,53-31-17-6-18-32-53)59-42-47(41-57(63)60(59)61)45-23-9-2-10-24-45/h1-43H. The van der Waals surface area contributed by atoms with Crippen LogP contribution in [-0.4, -0.2) is 6.71 Å². The molecule has 10 aromatic rings. The number of para-hydroxylation sites is 2. The van der Waals surface area contributed by atoms with Crippen LogP contribution in [0.15, 0.2) is 280 Å². The maximum absolute atomic E-state index is 2.55. The van der Waals surface area contributed by atoms with Crippen molar-refractivity contribution in [3.8, 4) is 22.3 Å². The molecule has 0 amide bonds. The first-order chi connectivity index (χ1) is 31.8. The molecule has 2 aliphatic rings. The number of hydrogen-bond acceptors (Lipinski definition) is 2. The molecule has 302 valence electrons. The van der Waals surface area contributed by atoms with Crippen molar-refractivity contribution in [2.45, 2.75) is 19.6 Å². The lowest BCUT2D eigenvalue weighted by molar-refractivity contribution is 1.22. The predicted octanol–water partition coefficient (Wildman–Crippen LogP) is 14.4. The van der Waals surface area contributed by atoms with Gasteiger partial charge in [0.05, 0.1) is 0 Å². The third kappa shape index (κ3) is 6.13. The van der Waals surface area contributed by atoms with Gasteiger partial charge in [-0.3, -0.25) is 0 Å². The molecular formula is C60H43BN2S. The van der Waals surface area contributed by atoms with E-state index in [2.05, 4.69) is 271 Å². The molecule has 10 aromatic carbocycles. The number of fused-ring (bicyclic) bond motifs is 4. The minimum atomic E-state index is -2.04. The lowest BCUT2D eigenvalue weighted by Gasteiger charge is -2.51. The Hall–Kier alpha value is -7.79. The minimum absolute atomic E-state index is 0.0396. The monoisotopic (exact) mass is 834 g/mol. The molecule has 0 N–H and O–H groups in total. The Labute approximate surface area is 377 Å². The SMILES string of the molecule is c1ccc(-c2ccc(N3c4ccc(N(c5ccccc5)c5ccccc5)cc4B4c5ccccc5S(c5ccccc5)(c5ccccc5)c5cc(-c6ccccc6)cc3c54)cc2)cc1. The topological polar surface area (TPSA) is 6.48 Å². The predicted molar refractivity (Wildman–Crippen MR) is 271 cm³/mol. The second-order valence-electron chi connectivity index (χ2n) is 16.5. The van der Waals surface area contributed by atoms with Gasteiger partial charge in [-0.2, -0.15) is 0 Å². The van der Waals surface area contributed by atoms with Gasteiger partial charge in [0.15, 0.2) is 0 Å². The molecule has 0 unspecified atom stereocenters. The van der Waals surface area contributed by atoms with Crippen molar-refractivity contribution < 1.29 is 0 Å². The number of benzene rings is 10. The smallest absolute Gasteiger partial charge is 0.249 e. The van der Waals surface area contributed by atoms with Crippen LogP contribution in [0.2, 0.25) is 0 Å². The zero-order valence-corrected chi connectivity index (χ0v) is 36.0. The number of anilines is 6. The molecule has 0 spiro atoms. The molecule has 0 atom stereocenters. The molecule has 0 aromatic heterocycles. The van der Waals surface area contributed by atoms with E-state index in [-0.39, 0.29) is 6.71 Å². The Kier molecular flexibility index (Phi) is 9.39. The van der Waals surface area contributed by atoms with Crippen molar-refractivity contribution >= 4 is 67.3 Å². The summed E-state index contributed by atoms with van der Waals surface area (Å²) in [6.07, 6.45) is 0. The lowest BCUT2D eigenvalue weighted by atomic mass is 9.34. The summed E-state index contributed by atoms with van der Waals surface area (Å²) in [5.41, 5.74) is 15.7. The van der Waals surface area contributed by atoms with Crippen LogP contribution in [0.5, 0.6) is 0 Å². The van der Waals surface area contributed by atoms with Crippen LogP contribution < -0.4 is 26.2 Å². The van der Waals surface area contributed by atoms with E-state index in [9.17, 15) is 0 Å². The second-order valence-corrected chi connectivity index (χ2v) is 19.5. The van der Waals surface area contributed by atoms with Gasteiger partial charge in [-0.15, -0.1) is 10.0 Å². The van der Waals surface area contributed by atoms with E-state index in [1.54, 1.807) is 0 Å². The van der Waals surface area contributed by atoms with Gasteiger partial charge in [-0.25, -0.2) is 0 Å². The zero-order chi connectivity index (χ0) is 42.5. The van der Waals surface area contributed by atoms with Crippen molar-refractivity contribution in [3.63, 3.8) is 0 Å². The Balaban J connectivity index is 1.20. The summed E-state index contributed by atoms with van der Waals surface area (Å²) in [4.78, 5) is 10.4. The number of hydrogen-bond donors (Lipinski definition) is 0. The molecule has 12 rings (SSSR count). The molecule has 0 saturated carbocycles. The fraction of sp³-hybridized carbons (Fsp3) is 0. The quantitative estimate of drug-likeness (QED) is 0.141. The molecule has 0 aliphatic carbocycles. The van der Waals surface area contributed by atoms with E-state index < -0.39 is 10.0 Å². The Bertz CT molecular complexity index is 3180. The van der Waals surface area contributed by atoms with Crippen molar-refractivity contribution in [2.75, 3.05) is 9.80 Å². The summed E-state index contributed by atoms with van der Waals surface area (Å²) in [6, 6.07) is 96.6. The molecule has 64 heavy (non-hydrogen) atoms. The summed E-state index contributed by atoms with van der Waals surface area (Å²) < 4.78 is 0. The molecule has 0 saturated heterocycles. The average Bonchev–Trinajstić information content (AvgIpc) is 3.38. The van der Waals surface area contributed by atoms with Crippen LogP contribution >= 0.6 is 10.0 Å². The van der Waals surface area contributed by atoms with Crippen LogP contribution in [-0.2, 0) is 0 Å². The highest BCUT2D eigenvalue weighted by Crippen LogP contribution is 2.74. The Morgan fingerprint density at radius 1 is 0.328 bits per heavy atom. The van der Waals surface area contributed by atoms with Gasteiger partial charge in [0.1, 0.15) is 0 Å². The largest absolute Gasteiger partial charge is 0.311 e. The molecule has 4 heteroatoms. The summed E-state index contributed by atoms with van der Waals surface area (Å²) >= 11 is 0. The molecule has 2 aliphatic heterocycles. The molecule has 0 fully saturated rings. The van der Waals surface area contributed by atoms with Crippen molar-refractivity contribution in [1.29, 1.82) is 0 Å². The summed E-state index contributed by atoms with van der Waals surface area (Å²) in [6.45, 7) is -0.0396. The van der Waals surface area contributed by atoms with E-state index >= 15 is 0 Å². The molecule has 2 heterocycles. The summed E-state index contributed by atoms with van der Waals surface area (Å²) in [7, 11) is -2.04. The highest BCUT2D eigenvalue weighted by Gasteiger charge is 2.49. The molecule has 2 nitrogen and oxygen atoms in total. The van der Waals surface area contributed by atoms with E-state index in [1.807, 2.05) is 0 Å². The van der Waals surface area contributed by atoms with Crippen LogP contribution in [0, 0.1) is 0 Å². The first kappa shape index (κ1) is 37.9. The van der Waals surface area contributed by atoms with Crippen LogP contribution in [0.4, 0.5) is 34.1 Å². The summed E-state index contributed by atoms with van der Waals surface area (Å²) in [5, 5.41) is 0. The van der Waals surface area contributed by atoms with Crippen molar-refractivity contribution in [3.05, 3.63) is 261 Å². The maximum atomic E-state index is 2.55. The van der Waals surface area contributed by atoms with Crippen molar-refractivity contribution in [2.24, 2.45) is 0 Å². The normalized spacial score (nSPS) is 13.6. The Morgan fingerprint density at radius 2 is 0.812 bits per heavy atom. The zero-order valence-electron chi connectivity index (χ0n) is 35.2. The number of rotatable bonds is 8. The van der Waals surface area contributed by atoms with Crippen LogP contribution in [0.3, 0.4) is 0 Å². The highest BCUT2D eigenvalue weighted by molar-refractivity contribution is 8.34. The second kappa shape index (κ2) is 15.8. The first-order valence-electron chi connectivity index (χ1n) is 22.0. The van der Waals surface area contributed by atoms with Crippen molar-refractivity contribution in [1.82, 2.24) is 0 Å². The third-order valence-corrected chi connectivity index (χ3v) is 16.9. The lowest BCUT2D eigenvalue weighted by Crippen LogP contribution is -2.61. The van der Waals surface area contributed by atoms with E-state index in [0.29, 0.717) is 0 Å². The fourth-order valence-electron chi connectivity index (χ4n) is 10.2. The van der Waals surface area contributed by atoms with Gasteiger partial charge < -0.3 is 9.80 Å². The van der Waals surface area contributed by atoms with Crippen LogP contribution in [0.25, 0.3) is 22.3 Å². The fourth-order valence-corrected chi connectivity index (χ4v) is 14.5. The van der Waals surface area contributed by atoms with E-state index in [0.717, 1.165) is 22.7 Å². The summed E-state index contributed by atoms with van der Waals surface area (Å²) in [5.74, 6) is 0. The van der Waals surface area contributed by atoms with Gasteiger partial charge in [-0.05, 0) is 135 Å². The number of nitrogens with zero attached hydrogens (tertiary/aromatic N) is 2. The maximum Gasteiger partial charge on any atom is 0.249 e. The first-order valence-corrected chi connectivity index (χ1v) is 23.7. The molecular weight excluding hydrogens is 792 g/mol. The minimum Gasteiger partial charge on any atom is -0.311 e. The average molecular weight is 835 g/mol. The molecule has 0 radical (unpaired) electrons. The van der Waals surface area contributed by atoms with Gasteiger partial charge in [0.2, 0.25) is 6.71 Å². The van der Waals surface area contributed by atoms with E-state index in [1.165, 1.54) is 69.6 Å². The van der Waals surface area contributed by atoms with Gasteiger partial charge in [0.25, 0.3) is 0 Å².